The van der Waals surface area contributed by atoms with Crippen molar-refractivity contribution in [1.82, 2.24) is 4.90 Å². The Morgan fingerprint density at radius 3 is 2.74 bits per heavy atom. The van der Waals surface area contributed by atoms with Crippen molar-refractivity contribution in [3.8, 4) is 6.07 Å². The number of hydrogen-bond donors (Lipinski definition) is 1. The van der Waals surface area contributed by atoms with Crippen LogP contribution in [0.1, 0.15) is 18.1 Å². The predicted octanol–water partition coefficient (Wildman–Crippen LogP) is 3.67. The van der Waals surface area contributed by atoms with E-state index in [1.165, 1.54) is 0 Å². The number of likely N-dealkylation sites (N-methyl/N-ethyl adjacent to an activating group) is 1. The van der Waals surface area contributed by atoms with Gasteiger partial charge in [-0.2, -0.15) is 5.26 Å². The van der Waals surface area contributed by atoms with E-state index in [4.69, 9.17) is 16.9 Å². The number of amides is 1. The molecule has 0 saturated carbocycles. The molecule has 2 aromatic rings. The molecule has 0 bridgehead atoms. The topological polar surface area (TPSA) is 56.1 Å². The molecule has 4 nitrogen and oxygen atoms in total. The molecule has 1 amide bonds. The zero-order chi connectivity index (χ0) is 16.8. The number of rotatable bonds is 5. The molecule has 0 aromatic heterocycles. The Kier molecular flexibility index (Phi) is 5.75. The number of halogens is 1. The maximum atomic E-state index is 12.3. The summed E-state index contributed by atoms with van der Waals surface area (Å²) in [6.07, 6.45) is 0. The zero-order valence-electron chi connectivity index (χ0n) is 13.1. The average Bonchev–Trinajstić information content (AvgIpc) is 2.54. The largest absolute Gasteiger partial charge is 0.325 e. The van der Waals surface area contributed by atoms with Gasteiger partial charge in [-0.25, -0.2) is 0 Å². The predicted molar refractivity (Wildman–Crippen MR) is 92.2 cm³/mol. The lowest BCUT2D eigenvalue weighted by molar-refractivity contribution is -0.120. The zero-order valence-corrected chi connectivity index (χ0v) is 13.8. The molecule has 0 saturated heterocycles. The van der Waals surface area contributed by atoms with Gasteiger partial charge in [-0.1, -0.05) is 29.8 Å². The van der Waals surface area contributed by atoms with Gasteiger partial charge in [0.15, 0.2) is 0 Å². The van der Waals surface area contributed by atoms with Gasteiger partial charge in [-0.05, 0) is 49.9 Å². The Bertz CT molecular complexity index is 739. The number of carbonyl (C=O) groups excluding carboxylic acids is 1. The Morgan fingerprint density at radius 1 is 1.30 bits per heavy atom. The summed E-state index contributed by atoms with van der Waals surface area (Å²) in [5.74, 6) is -0.121. The molecular formula is C18H18ClN3O. The van der Waals surface area contributed by atoms with Crippen LogP contribution in [0.15, 0.2) is 48.5 Å². The standard InChI is InChI=1S/C18H18ClN3O/c1-13(22(2)12-15-6-3-7-16(19)9-15)18(23)21-17-8-4-5-14(10-17)11-20/h3-10,13H,12H2,1-2H3,(H,21,23). The van der Waals surface area contributed by atoms with Crippen LogP contribution >= 0.6 is 11.6 Å². The molecule has 23 heavy (non-hydrogen) atoms. The van der Waals surface area contributed by atoms with Crippen molar-refractivity contribution in [3.05, 3.63) is 64.7 Å². The second kappa shape index (κ2) is 7.77. The van der Waals surface area contributed by atoms with Crippen molar-refractivity contribution in [2.45, 2.75) is 19.5 Å². The van der Waals surface area contributed by atoms with Crippen molar-refractivity contribution >= 4 is 23.2 Å². The lowest BCUT2D eigenvalue weighted by Gasteiger charge is -2.24. The van der Waals surface area contributed by atoms with Crippen LogP contribution in [0, 0.1) is 11.3 Å². The first-order valence-corrected chi connectivity index (χ1v) is 7.63. The molecular weight excluding hydrogens is 310 g/mol. The van der Waals surface area contributed by atoms with Gasteiger partial charge in [0, 0.05) is 17.3 Å². The molecule has 0 aliphatic heterocycles. The molecule has 0 spiro atoms. The molecule has 0 aliphatic rings. The first-order chi connectivity index (χ1) is 11.0. The minimum Gasteiger partial charge on any atom is -0.325 e. The molecule has 0 fully saturated rings. The van der Waals surface area contributed by atoms with Crippen molar-refractivity contribution in [3.63, 3.8) is 0 Å². The normalized spacial score (nSPS) is 11.8. The molecule has 2 aromatic carbocycles. The summed E-state index contributed by atoms with van der Waals surface area (Å²) >= 11 is 5.98. The van der Waals surface area contributed by atoms with Crippen LogP contribution in [0.5, 0.6) is 0 Å². The van der Waals surface area contributed by atoms with E-state index in [1.807, 2.05) is 43.1 Å². The fourth-order valence-electron chi connectivity index (χ4n) is 2.17. The Morgan fingerprint density at radius 2 is 2.04 bits per heavy atom. The van der Waals surface area contributed by atoms with Gasteiger partial charge in [0.2, 0.25) is 5.91 Å². The summed E-state index contributed by atoms with van der Waals surface area (Å²) < 4.78 is 0. The van der Waals surface area contributed by atoms with E-state index < -0.39 is 0 Å². The van der Waals surface area contributed by atoms with Crippen LogP contribution in [-0.4, -0.2) is 23.9 Å². The highest BCUT2D eigenvalue weighted by Gasteiger charge is 2.18. The summed E-state index contributed by atoms with van der Waals surface area (Å²) in [4.78, 5) is 14.3. The van der Waals surface area contributed by atoms with Crippen LogP contribution in [0.25, 0.3) is 0 Å². The van der Waals surface area contributed by atoms with Gasteiger partial charge < -0.3 is 5.32 Å². The summed E-state index contributed by atoms with van der Waals surface area (Å²) in [6.45, 7) is 2.46. The Labute approximate surface area is 141 Å². The molecule has 2 rings (SSSR count). The number of benzene rings is 2. The van der Waals surface area contributed by atoms with Crippen LogP contribution < -0.4 is 5.32 Å². The smallest absolute Gasteiger partial charge is 0.241 e. The lowest BCUT2D eigenvalue weighted by Crippen LogP contribution is -2.39. The van der Waals surface area contributed by atoms with E-state index >= 15 is 0 Å². The highest BCUT2D eigenvalue weighted by molar-refractivity contribution is 6.30. The second-order valence-electron chi connectivity index (χ2n) is 5.40. The van der Waals surface area contributed by atoms with Crippen molar-refractivity contribution in [1.29, 1.82) is 5.26 Å². The van der Waals surface area contributed by atoms with Crippen molar-refractivity contribution in [2.75, 3.05) is 12.4 Å². The Hall–Kier alpha value is -2.35. The van der Waals surface area contributed by atoms with E-state index in [1.54, 1.807) is 24.3 Å². The van der Waals surface area contributed by atoms with Crippen molar-refractivity contribution < 1.29 is 4.79 Å². The molecule has 1 unspecified atom stereocenters. The van der Waals surface area contributed by atoms with Gasteiger partial charge in [0.1, 0.15) is 0 Å². The number of carbonyl (C=O) groups is 1. The Balaban J connectivity index is 1.99. The highest BCUT2D eigenvalue weighted by Crippen LogP contribution is 2.15. The molecule has 0 radical (unpaired) electrons. The molecule has 1 N–H and O–H groups in total. The van der Waals surface area contributed by atoms with Gasteiger partial charge in [-0.3, -0.25) is 9.69 Å². The monoisotopic (exact) mass is 327 g/mol. The quantitative estimate of drug-likeness (QED) is 0.911. The lowest BCUT2D eigenvalue weighted by atomic mass is 10.1. The summed E-state index contributed by atoms with van der Waals surface area (Å²) in [7, 11) is 1.89. The number of anilines is 1. The minimum absolute atomic E-state index is 0.121. The maximum Gasteiger partial charge on any atom is 0.241 e. The summed E-state index contributed by atoms with van der Waals surface area (Å²) in [5, 5.41) is 12.4. The SMILES string of the molecule is CC(C(=O)Nc1cccc(C#N)c1)N(C)Cc1cccc(Cl)c1. The maximum absolute atomic E-state index is 12.3. The molecule has 1 atom stereocenters. The van der Waals surface area contributed by atoms with E-state index in [-0.39, 0.29) is 11.9 Å². The van der Waals surface area contributed by atoms with Crippen LogP contribution in [0.4, 0.5) is 5.69 Å². The van der Waals surface area contributed by atoms with Crippen LogP contribution in [0.2, 0.25) is 5.02 Å². The molecule has 118 valence electrons. The fourth-order valence-corrected chi connectivity index (χ4v) is 2.39. The third-order valence-corrected chi connectivity index (χ3v) is 3.86. The number of nitrogens with zero attached hydrogens (tertiary/aromatic N) is 2. The van der Waals surface area contributed by atoms with E-state index in [2.05, 4.69) is 11.4 Å². The van der Waals surface area contributed by atoms with Gasteiger partial charge in [-0.15, -0.1) is 0 Å². The van der Waals surface area contributed by atoms with Gasteiger partial charge in [0.05, 0.1) is 17.7 Å². The average molecular weight is 328 g/mol. The molecule has 5 heteroatoms. The van der Waals surface area contributed by atoms with Gasteiger partial charge in [0.25, 0.3) is 0 Å². The minimum atomic E-state index is -0.320. The molecule has 0 heterocycles. The number of hydrogen-bond acceptors (Lipinski definition) is 3. The summed E-state index contributed by atoms with van der Waals surface area (Å²) in [6, 6.07) is 16.2. The third kappa shape index (κ3) is 4.82. The number of nitrogens with one attached hydrogen (secondary N) is 1. The first kappa shape index (κ1) is 17.0. The molecule has 0 aliphatic carbocycles. The first-order valence-electron chi connectivity index (χ1n) is 7.25. The van der Waals surface area contributed by atoms with E-state index in [9.17, 15) is 4.79 Å². The van der Waals surface area contributed by atoms with Crippen LogP contribution in [-0.2, 0) is 11.3 Å². The fraction of sp³-hybridized carbons (Fsp3) is 0.222. The highest BCUT2D eigenvalue weighted by atomic mass is 35.5. The summed E-state index contributed by atoms with van der Waals surface area (Å²) in [5.41, 5.74) is 2.19. The van der Waals surface area contributed by atoms with Gasteiger partial charge >= 0.3 is 0 Å². The third-order valence-electron chi connectivity index (χ3n) is 3.62. The van der Waals surface area contributed by atoms with Crippen LogP contribution in [0.3, 0.4) is 0 Å². The van der Waals surface area contributed by atoms with Crippen molar-refractivity contribution in [2.24, 2.45) is 0 Å². The van der Waals surface area contributed by atoms with E-state index in [0.717, 1.165) is 5.56 Å². The van der Waals surface area contributed by atoms with E-state index in [0.29, 0.717) is 22.8 Å². The number of nitriles is 1. The second-order valence-corrected chi connectivity index (χ2v) is 5.84.